The molecular weight excluding hydrogens is 326 g/mol. The molecule has 0 bridgehead atoms. The average Bonchev–Trinajstić information content (AvgIpc) is 2.72. The number of hydrogen-bond donors (Lipinski definition) is 1. The average molecular weight is 347 g/mol. The highest BCUT2D eigenvalue weighted by Gasteiger charge is 2.14. The maximum atomic E-state index is 12.4. The van der Waals surface area contributed by atoms with E-state index in [2.05, 4.69) is 0 Å². The molecule has 0 atom stereocenters. The first-order valence-electron chi connectivity index (χ1n) is 8.42. The molecule has 1 N–H and O–H groups in total. The highest BCUT2D eigenvalue weighted by Crippen LogP contribution is 2.27. The lowest BCUT2D eigenvalue weighted by Crippen LogP contribution is -2.26. The summed E-state index contributed by atoms with van der Waals surface area (Å²) in [5.41, 5.74) is 4.41. The van der Waals surface area contributed by atoms with Crippen molar-refractivity contribution in [3.05, 3.63) is 90.0 Å². The number of ether oxygens (including phenoxy) is 1. The molecule has 0 aliphatic carbocycles. The Kier molecular flexibility index (Phi) is 5.66. The first kappa shape index (κ1) is 17.7. The SMILES string of the molecule is CN(C(=O)OCc1ccccc1)c1cccc(-c2ccccc2CO)c1. The predicted molar refractivity (Wildman–Crippen MR) is 103 cm³/mol. The van der Waals surface area contributed by atoms with Crippen molar-refractivity contribution in [2.75, 3.05) is 11.9 Å². The van der Waals surface area contributed by atoms with Gasteiger partial charge >= 0.3 is 6.09 Å². The molecule has 26 heavy (non-hydrogen) atoms. The number of anilines is 1. The molecule has 3 aromatic carbocycles. The summed E-state index contributed by atoms with van der Waals surface area (Å²) in [5.74, 6) is 0. The van der Waals surface area contributed by atoms with Crippen LogP contribution in [0.3, 0.4) is 0 Å². The van der Waals surface area contributed by atoms with Crippen LogP contribution in [0.5, 0.6) is 0 Å². The van der Waals surface area contributed by atoms with Crippen molar-refractivity contribution in [2.24, 2.45) is 0 Å². The van der Waals surface area contributed by atoms with Crippen molar-refractivity contribution < 1.29 is 14.6 Å². The van der Waals surface area contributed by atoms with Gasteiger partial charge in [0.15, 0.2) is 0 Å². The van der Waals surface area contributed by atoms with Crippen LogP contribution in [0.2, 0.25) is 0 Å². The van der Waals surface area contributed by atoms with Crippen molar-refractivity contribution in [3.63, 3.8) is 0 Å². The fraction of sp³-hybridized carbons (Fsp3) is 0.136. The van der Waals surface area contributed by atoms with Crippen LogP contribution in [0, 0.1) is 0 Å². The van der Waals surface area contributed by atoms with Gasteiger partial charge in [-0.25, -0.2) is 4.79 Å². The van der Waals surface area contributed by atoms with E-state index in [-0.39, 0.29) is 13.2 Å². The fourth-order valence-corrected chi connectivity index (χ4v) is 2.74. The molecule has 0 heterocycles. The van der Waals surface area contributed by atoms with Crippen molar-refractivity contribution in [1.82, 2.24) is 0 Å². The first-order valence-corrected chi connectivity index (χ1v) is 8.42. The first-order chi connectivity index (χ1) is 12.7. The van der Waals surface area contributed by atoms with E-state index in [1.807, 2.05) is 78.9 Å². The van der Waals surface area contributed by atoms with Crippen molar-refractivity contribution in [3.8, 4) is 11.1 Å². The van der Waals surface area contributed by atoms with E-state index in [1.165, 1.54) is 4.90 Å². The van der Waals surface area contributed by atoms with Gasteiger partial charge < -0.3 is 9.84 Å². The monoisotopic (exact) mass is 347 g/mol. The van der Waals surface area contributed by atoms with Gasteiger partial charge in [0.25, 0.3) is 0 Å². The Bertz CT molecular complexity index is 877. The summed E-state index contributed by atoms with van der Waals surface area (Å²) in [7, 11) is 1.68. The van der Waals surface area contributed by atoms with Gasteiger partial charge in [0.05, 0.1) is 6.61 Å². The molecule has 0 spiro atoms. The molecule has 3 rings (SSSR count). The van der Waals surface area contributed by atoms with Gasteiger partial charge in [0, 0.05) is 12.7 Å². The molecule has 132 valence electrons. The smallest absolute Gasteiger partial charge is 0.414 e. The van der Waals surface area contributed by atoms with Crippen LogP contribution < -0.4 is 4.90 Å². The van der Waals surface area contributed by atoms with E-state index in [4.69, 9.17) is 4.74 Å². The maximum Gasteiger partial charge on any atom is 0.414 e. The second kappa shape index (κ2) is 8.32. The number of carbonyl (C=O) groups excluding carboxylic acids is 1. The number of aliphatic hydroxyl groups excluding tert-OH is 1. The molecule has 0 radical (unpaired) electrons. The molecule has 1 amide bonds. The molecule has 0 fully saturated rings. The number of carbonyl (C=O) groups is 1. The molecule has 4 nitrogen and oxygen atoms in total. The minimum Gasteiger partial charge on any atom is -0.444 e. The number of aliphatic hydroxyl groups is 1. The van der Waals surface area contributed by atoms with Gasteiger partial charge in [0.1, 0.15) is 6.61 Å². The Morgan fingerprint density at radius 2 is 1.69 bits per heavy atom. The van der Waals surface area contributed by atoms with E-state index >= 15 is 0 Å². The molecular formula is C22H21NO3. The molecule has 0 aliphatic heterocycles. The third-order valence-electron chi connectivity index (χ3n) is 4.21. The summed E-state index contributed by atoms with van der Waals surface area (Å²) in [6.45, 7) is 0.201. The highest BCUT2D eigenvalue weighted by molar-refractivity contribution is 5.88. The molecule has 0 aliphatic rings. The Labute approximate surface area is 153 Å². The summed E-state index contributed by atoms with van der Waals surface area (Å²) in [4.78, 5) is 13.8. The molecule has 3 aromatic rings. The molecule has 0 saturated carbocycles. The Hall–Kier alpha value is -3.11. The van der Waals surface area contributed by atoms with E-state index in [1.54, 1.807) is 7.05 Å². The minimum absolute atomic E-state index is 0.0324. The van der Waals surface area contributed by atoms with Gasteiger partial charge in [-0.2, -0.15) is 0 Å². The van der Waals surface area contributed by atoms with Gasteiger partial charge in [-0.15, -0.1) is 0 Å². The Morgan fingerprint density at radius 3 is 2.46 bits per heavy atom. The standard InChI is InChI=1S/C22H21NO3/c1-23(22(25)26-16-17-8-3-2-4-9-17)20-12-7-11-18(14-20)21-13-6-5-10-19(21)15-24/h2-14,24H,15-16H2,1H3. The topological polar surface area (TPSA) is 49.8 Å². The van der Waals surface area contributed by atoms with Crippen LogP contribution >= 0.6 is 0 Å². The molecule has 0 saturated heterocycles. The van der Waals surface area contributed by atoms with Gasteiger partial charge in [-0.05, 0) is 34.4 Å². The highest BCUT2D eigenvalue weighted by atomic mass is 16.6. The zero-order valence-electron chi connectivity index (χ0n) is 14.6. The maximum absolute atomic E-state index is 12.4. The minimum atomic E-state index is -0.415. The summed E-state index contributed by atoms with van der Waals surface area (Å²) in [5, 5.41) is 9.54. The summed E-state index contributed by atoms with van der Waals surface area (Å²) in [6, 6.07) is 24.9. The van der Waals surface area contributed by atoms with E-state index in [0.29, 0.717) is 0 Å². The van der Waals surface area contributed by atoms with E-state index in [9.17, 15) is 9.90 Å². The van der Waals surface area contributed by atoms with Gasteiger partial charge in [-0.1, -0.05) is 66.7 Å². The zero-order valence-corrected chi connectivity index (χ0v) is 14.6. The Balaban J connectivity index is 1.75. The fourth-order valence-electron chi connectivity index (χ4n) is 2.74. The molecule has 4 heteroatoms. The normalized spacial score (nSPS) is 10.4. The van der Waals surface area contributed by atoms with Crippen LogP contribution in [0.15, 0.2) is 78.9 Å². The molecule has 0 unspecified atom stereocenters. The van der Waals surface area contributed by atoms with Gasteiger partial charge in [-0.3, -0.25) is 4.90 Å². The number of rotatable bonds is 5. The van der Waals surface area contributed by atoms with Gasteiger partial charge in [0.2, 0.25) is 0 Å². The molecule has 0 aromatic heterocycles. The third-order valence-corrected chi connectivity index (χ3v) is 4.21. The van der Waals surface area contributed by atoms with Crippen LogP contribution in [0.4, 0.5) is 10.5 Å². The third kappa shape index (κ3) is 4.10. The van der Waals surface area contributed by atoms with E-state index in [0.717, 1.165) is 27.9 Å². The van der Waals surface area contributed by atoms with Crippen LogP contribution in [0.25, 0.3) is 11.1 Å². The number of amides is 1. The lowest BCUT2D eigenvalue weighted by atomic mass is 9.99. The summed E-state index contributed by atoms with van der Waals surface area (Å²) >= 11 is 0. The number of benzene rings is 3. The largest absolute Gasteiger partial charge is 0.444 e. The van der Waals surface area contributed by atoms with Crippen molar-refractivity contribution >= 4 is 11.8 Å². The zero-order chi connectivity index (χ0) is 18.4. The van der Waals surface area contributed by atoms with Crippen molar-refractivity contribution in [2.45, 2.75) is 13.2 Å². The second-order valence-corrected chi connectivity index (χ2v) is 5.96. The van der Waals surface area contributed by atoms with Crippen LogP contribution in [-0.2, 0) is 18.0 Å². The van der Waals surface area contributed by atoms with Crippen molar-refractivity contribution in [1.29, 1.82) is 0 Å². The summed E-state index contributed by atoms with van der Waals surface area (Å²) < 4.78 is 5.38. The Morgan fingerprint density at radius 1 is 0.962 bits per heavy atom. The quantitative estimate of drug-likeness (QED) is 0.733. The van der Waals surface area contributed by atoms with Crippen LogP contribution in [-0.4, -0.2) is 18.2 Å². The summed E-state index contributed by atoms with van der Waals surface area (Å²) in [6.07, 6.45) is -0.415. The predicted octanol–water partition coefficient (Wildman–Crippen LogP) is 4.62. The second-order valence-electron chi connectivity index (χ2n) is 5.96. The van der Waals surface area contributed by atoms with Crippen LogP contribution in [0.1, 0.15) is 11.1 Å². The lowest BCUT2D eigenvalue weighted by Gasteiger charge is -2.18. The number of nitrogens with zero attached hydrogens (tertiary/aromatic N) is 1. The lowest BCUT2D eigenvalue weighted by molar-refractivity contribution is 0.148. The number of hydrogen-bond acceptors (Lipinski definition) is 3. The van der Waals surface area contributed by atoms with E-state index < -0.39 is 6.09 Å².